The highest BCUT2D eigenvalue weighted by Crippen LogP contribution is 2.30. The maximum atomic E-state index is 13.2. The Balaban J connectivity index is 1.67. The molecule has 0 aromatic heterocycles. The molecule has 0 fully saturated rings. The van der Waals surface area contributed by atoms with Gasteiger partial charge in [0.1, 0.15) is 0 Å². The zero-order chi connectivity index (χ0) is 20.6. The van der Waals surface area contributed by atoms with Gasteiger partial charge in [-0.05, 0) is 54.8 Å². The number of anilines is 2. The molecule has 5 nitrogen and oxygen atoms in total. The van der Waals surface area contributed by atoms with Crippen molar-refractivity contribution in [3.05, 3.63) is 89.5 Å². The Labute approximate surface area is 171 Å². The number of rotatable bonds is 4. The largest absolute Gasteiger partial charge is 0.308 e. The molecule has 3 aromatic rings. The lowest BCUT2D eigenvalue weighted by atomic mass is 10.1. The summed E-state index contributed by atoms with van der Waals surface area (Å²) < 4.78 is 27.6. The number of hydrogen-bond acceptors (Lipinski definition) is 3. The van der Waals surface area contributed by atoms with E-state index < -0.39 is 10.0 Å². The van der Waals surface area contributed by atoms with Gasteiger partial charge in [0.05, 0.1) is 10.6 Å². The van der Waals surface area contributed by atoms with E-state index >= 15 is 0 Å². The number of amides is 1. The van der Waals surface area contributed by atoms with E-state index in [9.17, 15) is 13.2 Å². The van der Waals surface area contributed by atoms with E-state index in [2.05, 4.69) is 0 Å². The molecule has 0 unspecified atom stereocenters. The smallest absolute Gasteiger partial charge is 0.264 e. The number of nitrogens with zero attached hydrogens (tertiary/aromatic N) is 2. The third-order valence-electron chi connectivity index (χ3n) is 5.33. The Morgan fingerprint density at radius 1 is 0.966 bits per heavy atom. The molecule has 1 aliphatic heterocycles. The number of hydrogen-bond donors (Lipinski definition) is 0. The van der Waals surface area contributed by atoms with Crippen LogP contribution in [0, 0.1) is 6.92 Å². The van der Waals surface area contributed by atoms with E-state index in [4.69, 9.17) is 0 Å². The minimum atomic E-state index is -3.79. The summed E-state index contributed by atoms with van der Waals surface area (Å²) in [5.74, 6) is -0.189. The molecule has 29 heavy (non-hydrogen) atoms. The molecule has 1 amide bonds. The second-order valence-electron chi connectivity index (χ2n) is 7.12. The van der Waals surface area contributed by atoms with Gasteiger partial charge in [-0.25, -0.2) is 8.42 Å². The van der Waals surface area contributed by atoms with E-state index in [-0.39, 0.29) is 10.8 Å². The van der Waals surface area contributed by atoms with Gasteiger partial charge in [-0.1, -0.05) is 42.5 Å². The van der Waals surface area contributed by atoms with E-state index in [0.29, 0.717) is 17.8 Å². The molecule has 0 bridgehead atoms. The summed E-state index contributed by atoms with van der Waals surface area (Å²) in [5.41, 5.74) is 3.85. The van der Waals surface area contributed by atoms with Crippen molar-refractivity contribution in [2.45, 2.75) is 18.2 Å². The van der Waals surface area contributed by atoms with Gasteiger partial charge >= 0.3 is 0 Å². The lowest BCUT2D eigenvalue weighted by Crippen LogP contribution is -2.30. The molecule has 0 spiro atoms. The fourth-order valence-corrected chi connectivity index (χ4v) is 5.01. The fourth-order valence-electron chi connectivity index (χ4n) is 3.70. The Hall–Kier alpha value is -3.12. The summed E-state index contributed by atoms with van der Waals surface area (Å²) in [5, 5.41) is 0. The van der Waals surface area contributed by atoms with Gasteiger partial charge < -0.3 is 4.90 Å². The van der Waals surface area contributed by atoms with Crippen molar-refractivity contribution in [1.29, 1.82) is 0 Å². The Kier molecular flexibility index (Phi) is 4.88. The minimum Gasteiger partial charge on any atom is -0.308 e. The summed E-state index contributed by atoms with van der Waals surface area (Å²) in [6.07, 6.45) is 0.802. The minimum absolute atomic E-state index is 0.0987. The zero-order valence-corrected chi connectivity index (χ0v) is 17.2. The molecule has 0 saturated carbocycles. The van der Waals surface area contributed by atoms with Crippen LogP contribution in [0.3, 0.4) is 0 Å². The molecule has 0 N–H and O–H groups in total. The molecular formula is C23H22N2O3S. The third-order valence-corrected chi connectivity index (χ3v) is 7.09. The first-order valence-corrected chi connectivity index (χ1v) is 10.9. The molecule has 1 heterocycles. The van der Waals surface area contributed by atoms with Crippen molar-refractivity contribution in [3.8, 4) is 0 Å². The standard InChI is InChI=1S/C23H22N2O3S/c1-17-8-3-5-12-21(17)24(2)29(27,28)20-11-7-10-19(16-20)23(26)25-15-14-18-9-4-6-13-22(18)25/h3-13,16H,14-15H2,1-2H3. The maximum Gasteiger partial charge on any atom is 0.264 e. The number of aryl methyl sites for hydroxylation is 1. The van der Waals surface area contributed by atoms with Crippen LogP contribution < -0.4 is 9.21 Å². The predicted molar refractivity (Wildman–Crippen MR) is 115 cm³/mol. The summed E-state index contributed by atoms with van der Waals surface area (Å²) >= 11 is 0. The second-order valence-corrected chi connectivity index (χ2v) is 9.09. The normalized spacial score (nSPS) is 13.2. The summed E-state index contributed by atoms with van der Waals surface area (Å²) in [7, 11) is -2.26. The number of sulfonamides is 1. The van der Waals surface area contributed by atoms with Crippen LogP contribution >= 0.6 is 0 Å². The highest BCUT2D eigenvalue weighted by Gasteiger charge is 2.27. The first-order valence-electron chi connectivity index (χ1n) is 9.44. The quantitative estimate of drug-likeness (QED) is 0.657. The predicted octanol–water partition coefficient (Wildman–Crippen LogP) is 4.02. The number of benzene rings is 3. The Morgan fingerprint density at radius 3 is 2.48 bits per heavy atom. The number of carbonyl (C=O) groups excluding carboxylic acids is 1. The van der Waals surface area contributed by atoms with Gasteiger partial charge in [-0.3, -0.25) is 9.10 Å². The number of carbonyl (C=O) groups is 1. The average molecular weight is 407 g/mol. The van der Waals surface area contributed by atoms with Gasteiger partial charge in [-0.15, -0.1) is 0 Å². The van der Waals surface area contributed by atoms with Crippen LogP contribution in [-0.4, -0.2) is 27.9 Å². The maximum absolute atomic E-state index is 13.2. The van der Waals surface area contributed by atoms with Crippen LogP contribution in [0.4, 0.5) is 11.4 Å². The van der Waals surface area contributed by atoms with Crippen LogP contribution in [0.5, 0.6) is 0 Å². The highest BCUT2D eigenvalue weighted by atomic mass is 32.2. The van der Waals surface area contributed by atoms with Crippen LogP contribution in [0.2, 0.25) is 0 Å². The van der Waals surface area contributed by atoms with Crippen LogP contribution in [0.25, 0.3) is 0 Å². The van der Waals surface area contributed by atoms with Crippen molar-refractivity contribution >= 4 is 27.3 Å². The fraction of sp³-hybridized carbons (Fsp3) is 0.174. The first-order chi connectivity index (χ1) is 13.9. The monoisotopic (exact) mass is 406 g/mol. The molecule has 1 aliphatic rings. The molecule has 3 aromatic carbocycles. The molecule has 148 valence electrons. The Bertz CT molecular complexity index is 1190. The van der Waals surface area contributed by atoms with E-state index in [1.54, 1.807) is 29.2 Å². The van der Waals surface area contributed by atoms with Crippen molar-refractivity contribution < 1.29 is 13.2 Å². The van der Waals surface area contributed by atoms with Crippen molar-refractivity contribution in [3.63, 3.8) is 0 Å². The lowest BCUT2D eigenvalue weighted by molar-refractivity contribution is 0.0989. The van der Waals surface area contributed by atoms with Gasteiger partial charge in [0.15, 0.2) is 0 Å². The highest BCUT2D eigenvalue weighted by molar-refractivity contribution is 7.92. The Morgan fingerprint density at radius 2 is 1.69 bits per heavy atom. The number of para-hydroxylation sites is 2. The average Bonchev–Trinajstić information content (AvgIpc) is 3.17. The van der Waals surface area contributed by atoms with Crippen LogP contribution in [0.1, 0.15) is 21.5 Å². The molecule has 4 rings (SSSR count). The molecule has 0 radical (unpaired) electrons. The van der Waals surface area contributed by atoms with Crippen molar-refractivity contribution in [2.24, 2.45) is 0 Å². The lowest BCUT2D eigenvalue weighted by Gasteiger charge is -2.22. The molecule has 0 saturated heterocycles. The second kappa shape index (κ2) is 7.37. The van der Waals surface area contributed by atoms with Crippen molar-refractivity contribution in [1.82, 2.24) is 0 Å². The summed E-state index contributed by atoms with van der Waals surface area (Å²) in [6.45, 7) is 2.46. The van der Waals surface area contributed by atoms with E-state index in [1.807, 2.05) is 43.3 Å². The SMILES string of the molecule is Cc1ccccc1N(C)S(=O)(=O)c1cccc(C(=O)N2CCc3ccccc32)c1. The third kappa shape index (κ3) is 3.40. The van der Waals surface area contributed by atoms with Crippen molar-refractivity contribution in [2.75, 3.05) is 22.8 Å². The van der Waals surface area contributed by atoms with Gasteiger partial charge in [0.2, 0.25) is 0 Å². The molecular weight excluding hydrogens is 384 g/mol. The van der Waals surface area contributed by atoms with Gasteiger partial charge in [-0.2, -0.15) is 0 Å². The molecule has 0 aliphatic carbocycles. The first kappa shape index (κ1) is 19.2. The zero-order valence-electron chi connectivity index (χ0n) is 16.4. The number of fused-ring (bicyclic) bond motifs is 1. The molecule has 0 atom stereocenters. The summed E-state index contributed by atoms with van der Waals surface area (Å²) in [4.78, 5) is 14.9. The van der Waals surface area contributed by atoms with Gasteiger partial charge in [0.25, 0.3) is 15.9 Å². The topological polar surface area (TPSA) is 57.7 Å². The molecule has 6 heteroatoms. The van der Waals surface area contributed by atoms with Gasteiger partial charge in [0, 0.05) is 24.8 Å². The van der Waals surface area contributed by atoms with E-state index in [1.165, 1.54) is 23.5 Å². The van der Waals surface area contributed by atoms with Crippen LogP contribution in [0.15, 0.2) is 77.7 Å². The summed E-state index contributed by atoms with van der Waals surface area (Å²) in [6, 6.07) is 21.4. The van der Waals surface area contributed by atoms with E-state index in [0.717, 1.165) is 23.2 Å². The van der Waals surface area contributed by atoms with Crippen LogP contribution in [-0.2, 0) is 16.4 Å².